The molecule has 0 bridgehead atoms. The van der Waals surface area contributed by atoms with Gasteiger partial charge in [0.2, 0.25) is 0 Å². The Labute approximate surface area is 102 Å². The molecule has 0 spiro atoms. The average Bonchev–Trinajstić information content (AvgIpc) is 2.21. The second kappa shape index (κ2) is 4.72. The maximum Gasteiger partial charge on any atom is 0.251 e. The van der Waals surface area contributed by atoms with Crippen LogP contribution in [0, 0.1) is 13.8 Å². The van der Waals surface area contributed by atoms with E-state index in [9.17, 15) is 4.79 Å². The monoisotopic (exact) mass is 230 g/mol. The predicted octanol–water partition coefficient (Wildman–Crippen LogP) is 2.16. The quantitative estimate of drug-likeness (QED) is 0.764. The van der Waals surface area contributed by atoms with Gasteiger partial charge in [-0.15, -0.1) is 0 Å². The smallest absolute Gasteiger partial charge is 0.251 e. The molecule has 1 fully saturated rings. The van der Waals surface area contributed by atoms with E-state index in [1.54, 1.807) is 0 Å². The molecule has 1 aliphatic heterocycles. The van der Waals surface area contributed by atoms with Crippen LogP contribution in [-0.4, -0.2) is 19.0 Å². The van der Waals surface area contributed by atoms with E-state index in [1.165, 1.54) is 16.7 Å². The van der Waals surface area contributed by atoms with Gasteiger partial charge in [0.1, 0.15) is 0 Å². The van der Waals surface area contributed by atoms with E-state index in [0.29, 0.717) is 0 Å². The van der Waals surface area contributed by atoms with Gasteiger partial charge in [-0.2, -0.15) is 0 Å². The number of hydrogen-bond acceptors (Lipinski definition) is 2. The second-order valence-electron chi connectivity index (χ2n) is 4.59. The third-order valence-electron chi connectivity index (χ3n) is 3.31. The zero-order valence-electron chi connectivity index (χ0n) is 10.6. The summed E-state index contributed by atoms with van der Waals surface area (Å²) in [6, 6.07) is 5.97. The maximum atomic E-state index is 11.9. The Morgan fingerprint density at radius 1 is 1.24 bits per heavy atom. The molecule has 1 amide bonds. The van der Waals surface area contributed by atoms with Gasteiger partial charge >= 0.3 is 0 Å². The Hall–Kier alpha value is -1.61. The van der Waals surface area contributed by atoms with E-state index >= 15 is 0 Å². The summed E-state index contributed by atoms with van der Waals surface area (Å²) in [6.07, 6.45) is 0. The SMILES string of the molecule is CC(C(=O)Nc1ccc(C)c(C)c1)=C1CNC1. The van der Waals surface area contributed by atoms with Crippen molar-refractivity contribution in [1.82, 2.24) is 5.32 Å². The van der Waals surface area contributed by atoms with Crippen LogP contribution >= 0.6 is 0 Å². The van der Waals surface area contributed by atoms with Crippen LogP contribution in [-0.2, 0) is 4.79 Å². The molecule has 0 radical (unpaired) electrons. The highest BCUT2D eigenvalue weighted by Crippen LogP contribution is 2.16. The predicted molar refractivity (Wildman–Crippen MR) is 70.1 cm³/mol. The largest absolute Gasteiger partial charge is 0.322 e. The van der Waals surface area contributed by atoms with E-state index in [-0.39, 0.29) is 5.91 Å². The lowest BCUT2D eigenvalue weighted by atomic mass is 10.0. The Morgan fingerprint density at radius 3 is 2.47 bits per heavy atom. The number of hydrogen-bond donors (Lipinski definition) is 2. The van der Waals surface area contributed by atoms with Crippen LogP contribution in [0.15, 0.2) is 29.3 Å². The lowest BCUT2D eigenvalue weighted by molar-refractivity contribution is -0.112. The molecule has 1 aromatic rings. The summed E-state index contributed by atoms with van der Waals surface area (Å²) in [6.45, 7) is 7.67. The first kappa shape index (κ1) is 11.9. The van der Waals surface area contributed by atoms with Crippen LogP contribution < -0.4 is 10.6 Å². The molecule has 0 saturated carbocycles. The number of carbonyl (C=O) groups is 1. The summed E-state index contributed by atoms with van der Waals surface area (Å²) in [5.74, 6) is 0.00440. The first-order chi connectivity index (χ1) is 8.08. The van der Waals surface area contributed by atoms with Crippen molar-refractivity contribution in [3.63, 3.8) is 0 Å². The standard InChI is InChI=1S/C14H18N2O/c1-9-4-5-13(6-10(9)2)16-14(17)11(3)12-7-15-8-12/h4-6,15H,7-8H2,1-3H3,(H,16,17). The van der Waals surface area contributed by atoms with Gasteiger partial charge in [0, 0.05) is 24.4 Å². The topological polar surface area (TPSA) is 41.1 Å². The van der Waals surface area contributed by atoms with Gasteiger partial charge in [-0.1, -0.05) is 6.07 Å². The minimum Gasteiger partial charge on any atom is -0.322 e. The molecule has 1 heterocycles. The van der Waals surface area contributed by atoms with E-state index in [0.717, 1.165) is 24.4 Å². The Kier molecular flexibility index (Phi) is 3.29. The van der Waals surface area contributed by atoms with Crippen molar-refractivity contribution in [3.8, 4) is 0 Å². The fourth-order valence-corrected chi connectivity index (χ4v) is 1.72. The number of rotatable bonds is 2. The molecular weight excluding hydrogens is 212 g/mol. The van der Waals surface area contributed by atoms with Crippen molar-refractivity contribution in [2.24, 2.45) is 0 Å². The number of anilines is 1. The first-order valence-electron chi connectivity index (χ1n) is 5.86. The van der Waals surface area contributed by atoms with E-state index in [4.69, 9.17) is 0 Å². The minimum absolute atomic E-state index is 0.00440. The molecular formula is C14H18N2O. The zero-order chi connectivity index (χ0) is 12.4. The number of aryl methyl sites for hydroxylation is 2. The number of benzene rings is 1. The van der Waals surface area contributed by atoms with E-state index in [2.05, 4.69) is 17.6 Å². The van der Waals surface area contributed by atoms with Crippen molar-refractivity contribution in [2.75, 3.05) is 18.4 Å². The number of carbonyl (C=O) groups excluding carboxylic acids is 1. The molecule has 0 atom stereocenters. The summed E-state index contributed by atoms with van der Waals surface area (Å²) in [4.78, 5) is 11.9. The lowest BCUT2D eigenvalue weighted by Gasteiger charge is -2.21. The molecule has 1 aromatic carbocycles. The summed E-state index contributed by atoms with van der Waals surface area (Å²) >= 11 is 0. The van der Waals surface area contributed by atoms with Gasteiger partial charge in [0.05, 0.1) is 0 Å². The molecule has 3 nitrogen and oxygen atoms in total. The molecule has 0 aliphatic carbocycles. The van der Waals surface area contributed by atoms with Crippen molar-refractivity contribution >= 4 is 11.6 Å². The lowest BCUT2D eigenvalue weighted by Crippen LogP contribution is -2.36. The normalized spacial score (nSPS) is 14.2. The van der Waals surface area contributed by atoms with Crippen LogP contribution in [0.3, 0.4) is 0 Å². The second-order valence-corrected chi connectivity index (χ2v) is 4.59. The summed E-state index contributed by atoms with van der Waals surface area (Å²) < 4.78 is 0. The van der Waals surface area contributed by atoms with Crippen molar-refractivity contribution in [1.29, 1.82) is 0 Å². The highest BCUT2D eigenvalue weighted by Gasteiger charge is 2.15. The Balaban J connectivity index is 2.10. The molecule has 2 N–H and O–H groups in total. The minimum atomic E-state index is 0.00440. The zero-order valence-corrected chi connectivity index (χ0v) is 10.6. The van der Waals surface area contributed by atoms with Gasteiger partial charge in [0.25, 0.3) is 5.91 Å². The van der Waals surface area contributed by atoms with E-state index < -0.39 is 0 Å². The van der Waals surface area contributed by atoms with Crippen LogP contribution in [0.25, 0.3) is 0 Å². The number of nitrogens with one attached hydrogen (secondary N) is 2. The Bertz CT molecular complexity index is 483. The maximum absolute atomic E-state index is 11.9. The molecule has 17 heavy (non-hydrogen) atoms. The molecule has 2 rings (SSSR count). The van der Waals surface area contributed by atoms with Gasteiger partial charge in [-0.05, 0) is 49.6 Å². The summed E-state index contributed by atoms with van der Waals surface area (Å²) in [7, 11) is 0. The third-order valence-corrected chi connectivity index (χ3v) is 3.31. The van der Waals surface area contributed by atoms with Crippen LogP contribution in [0.5, 0.6) is 0 Å². The molecule has 1 aliphatic rings. The van der Waals surface area contributed by atoms with Gasteiger partial charge in [-0.25, -0.2) is 0 Å². The van der Waals surface area contributed by atoms with Gasteiger partial charge < -0.3 is 10.6 Å². The number of amides is 1. The van der Waals surface area contributed by atoms with Gasteiger partial charge in [0.15, 0.2) is 0 Å². The Morgan fingerprint density at radius 2 is 1.94 bits per heavy atom. The third kappa shape index (κ3) is 2.56. The van der Waals surface area contributed by atoms with E-state index in [1.807, 2.05) is 32.0 Å². The van der Waals surface area contributed by atoms with Crippen molar-refractivity contribution in [3.05, 3.63) is 40.5 Å². The highest BCUT2D eigenvalue weighted by atomic mass is 16.1. The molecule has 90 valence electrons. The van der Waals surface area contributed by atoms with Crippen molar-refractivity contribution in [2.45, 2.75) is 20.8 Å². The molecule has 0 unspecified atom stereocenters. The molecule has 3 heteroatoms. The molecule has 0 aromatic heterocycles. The first-order valence-corrected chi connectivity index (χ1v) is 5.86. The fourth-order valence-electron chi connectivity index (χ4n) is 1.72. The highest BCUT2D eigenvalue weighted by molar-refractivity contribution is 6.04. The van der Waals surface area contributed by atoms with Crippen molar-refractivity contribution < 1.29 is 4.79 Å². The van der Waals surface area contributed by atoms with Crippen LogP contribution in [0.4, 0.5) is 5.69 Å². The summed E-state index contributed by atoms with van der Waals surface area (Å²) in [5, 5.41) is 6.07. The summed E-state index contributed by atoms with van der Waals surface area (Å²) in [5.41, 5.74) is 5.33. The average molecular weight is 230 g/mol. The molecule has 1 saturated heterocycles. The fraction of sp³-hybridized carbons (Fsp3) is 0.357. The van der Waals surface area contributed by atoms with Crippen LogP contribution in [0.1, 0.15) is 18.1 Å². The van der Waals surface area contributed by atoms with Crippen LogP contribution in [0.2, 0.25) is 0 Å². The van der Waals surface area contributed by atoms with Gasteiger partial charge in [-0.3, -0.25) is 4.79 Å².